The molecule has 0 aliphatic carbocycles. The van der Waals surface area contributed by atoms with Gasteiger partial charge in [0.1, 0.15) is 5.54 Å². The normalized spacial score (nSPS) is 17.2. The third kappa shape index (κ3) is 3.56. The molecule has 0 saturated carbocycles. The van der Waals surface area contributed by atoms with Crippen LogP contribution in [0, 0.1) is 6.92 Å². The highest BCUT2D eigenvalue weighted by Crippen LogP contribution is 2.29. The van der Waals surface area contributed by atoms with E-state index in [1.807, 2.05) is 6.92 Å². The molecule has 2 rings (SSSR count). The number of anilines is 1. The zero-order chi connectivity index (χ0) is 15.5. The summed E-state index contributed by atoms with van der Waals surface area (Å²) in [4.78, 5) is 13.9. The van der Waals surface area contributed by atoms with Gasteiger partial charge in [-0.05, 0) is 51.3 Å². The topological polar surface area (TPSA) is 52.6 Å². The van der Waals surface area contributed by atoms with Crippen molar-refractivity contribution in [3.8, 4) is 0 Å². The number of benzene rings is 1. The molecule has 4 heteroatoms. The molecule has 0 bridgehead atoms. The zero-order valence-corrected chi connectivity index (χ0v) is 13.3. The number of nitrogens with one attached hydrogen (secondary N) is 1. The van der Waals surface area contributed by atoms with Crippen LogP contribution in [-0.2, 0) is 11.2 Å². The van der Waals surface area contributed by atoms with Crippen LogP contribution in [0.15, 0.2) is 18.2 Å². The Balaban J connectivity index is 2.21. The molecule has 0 amide bonds. The van der Waals surface area contributed by atoms with Gasteiger partial charge < -0.3 is 15.3 Å². The van der Waals surface area contributed by atoms with Crippen LogP contribution in [0.2, 0.25) is 0 Å². The van der Waals surface area contributed by atoms with Gasteiger partial charge in [-0.1, -0.05) is 24.6 Å². The van der Waals surface area contributed by atoms with Crippen LogP contribution in [0.25, 0.3) is 0 Å². The molecule has 0 saturated heterocycles. The van der Waals surface area contributed by atoms with Gasteiger partial charge in [-0.3, -0.25) is 4.79 Å². The first-order valence-corrected chi connectivity index (χ1v) is 7.79. The third-order valence-corrected chi connectivity index (χ3v) is 4.19. The lowest BCUT2D eigenvalue weighted by molar-refractivity contribution is -0.143. The highest BCUT2D eigenvalue weighted by molar-refractivity contribution is 5.79. The highest BCUT2D eigenvalue weighted by atomic mass is 16.4. The summed E-state index contributed by atoms with van der Waals surface area (Å²) < 4.78 is 0. The Bertz CT molecular complexity index is 516. The molecule has 2 N–H and O–H groups in total. The lowest BCUT2D eigenvalue weighted by Gasteiger charge is -2.38. The standard InChI is InChI=1S/C17H26N2O2/c1-4-9-18-17(3,16(20)21)12-19-10-5-6-14-11-13(2)7-8-15(14)19/h7-8,11,18H,4-6,9-10,12H2,1-3H3,(H,20,21). The van der Waals surface area contributed by atoms with E-state index in [0.717, 1.165) is 32.4 Å². The van der Waals surface area contributed by atoms with Crippen LogP contribution in [0.1, 0.15) is 37.8 Å². The van der Waals surface area contributed by atoms with Gasteiger partial charge in [-0.15, -0.1) is 0 Å². The second-order valence-electron chi connectivity index (χ2n) is 6.22. The van der Waals surface area contributed by atoms with Crippen molar-refractivity contribution in [2.45, 2.75) is 45.6 Å². The van der Waals surface area contributed by atoms with Gasteiger partial charge in [-0.2, -0.15) is 0 Å². The molecular formula is C17H26N2O2. The molecule has 1 atom stereocenters. The molecule has 0 fully saturated rings. The maximum atomic E-state index is 11.7. The molecule has 1 aliphatic heterocycles. The molecular weight excluding hydrogens is 264 g/mol. The minimum absolute atomic E-state index is 0.498. The second-order valence-corrected chi connectivity index (χ2v) is 6.22. The molecule has 1 aromatic carbocycles. The van der Waals surface area contributed by atoms with Crippen LogP contribution >= 0.6 is 0 Å². The smallest absolute Gasteiger partial charge is 0.325 e. The number of aryl methyl sites for hydroxylation is 2. The minimum atomic E-state index is -0.907. The summed E-state index contributed by atoms with van der Waals surface area (Å²) in [6.45, 7) is 8.08. The van der Waals surface area contributed by atoms with Crippen LogP contribution in [0.4, 0.5) is 5.69 Å². The Kier molecular flexibility index (Phi) is 4.88. The van der Waals surface area contributed by atoms with E-state index in [-0.39, 0.29) is 0 Å². The van der Waals surface area contributed by atoms with Crippen molar-refractivity contribution in [1.82, 2.24) is 5.32 Å². The lowest BCUT2D eigenvalue weighted by Crippen LogP contribution is -2.57. The van der Waals surface area contributed by atoms with Crippen molar-refractivity contribution >= 4 is 11.7 Å². The van der Waals surface area contributed by atoms with Gasteiger partial charge in [0.25, 0.3) is 0 Å². The van der Waals surface area contributed by atoms with E-state index in [9.17, 15) is 9.90 Å². The fourth-order valence-electron chi connectivity index (χ4n) is 2.95. The van der Waals surface area contributed by atoms with Crippen molar-refractivity contribution in [1.29, 1.82) is 0 Å². The summed E-state index contributed by atoms with van der Waals surface area (Å²) in [7, 11) is 0. The molecule has 1 aromatic rings. The molecule has 0 aromatic heterocycles. The van der Waals surface area contributed by atoms with Gasteiger partial charge >= 0.3 is 5.97 Å². The summed E-state index contributed by atoms with van der Waals surface area (Å²) >= 11 is 0. The van der Waals surface area contributed by atoms with Crippen molar-refractivity contribution in [2.75, 3.05) is 24.5 Å². The quantitative estimate of drug-likeness (QED) is 0.845. The predicted octanol–water partition coefficient (Wildman–Crippen LogP) is 2.59. The fourth-order valence-corrected chi connectivity index (χ4v) is 2.95. The zero-order valence-electron chi connectivity index (χ0n) is 13.3. The summed E-state index contributed by atoms with van der Waals surface area (Å²) in [5.41, 5.74) is 2.89. The van der Waals surface area contributed by atoms with E-state index in [2.05, 4.69) is 35.3 Å². The molecule has 1 unspecified atom stereocenters. The van der Waals surface area contributed by atoms with Gasteiger partial charge in [0, 0.05) is 18.8 Å². The Morgan fingerprint density at radius 2 is 2.24 bits per heavy atom. The average molecular weight is 290 g/mol. The van der Waals surface area contributed by atoms with Gasteiger partial charge in [-0.25, -0.2) is 0 Å². The van der Waals surface area contributed by atoms with E-state index in [1.165, 1.54) is 16.8 Å². The Morgan fingerprint density at radius 1 is 1.48 bits per heavy atom. The maximum absolute atomic E-state index is 11.7. The van der Waals surface area contributed by atoms with Gasteiger partial charge in [0.2, 0.25) is 0 Å². The first-order valence-electron chi connectivity index (χ1n) is 7.79. The molecule has 21 heavy (non-hydrogen) atoms. The van der Waals surface area contributed by atoms with Crippen LogP contribution < -0.4 is 10.2 Å². The van der Waals surface area contributed by atoms with E-state index in [0.29, 0.717) is 6.54 Å². The number of carbonyl (C=O) groups is 1. The van der Waals surface area contributed by atoms with Gasteiger partial charge in [0.15, 0.2) is 0 Å². The maximum Gasteiger partial charge on any atom is 0.325 e. The van der Waals surface area contributed by atoms with Crippen molar-refractivity contribution in [3.05, 3.63) is 29.3 Å². The van der Waals surface area contributed by atoms with Crippen molar-refractivity contribution in [2.24, 2.45) is 0 Å². The first-order chi connectivity index (χ1) is 9.96. The third-order valence-electron chi connectivity index (χ3n) is 4.19. The van der Waals surface area contributed by atoms with Crippen molar-refractivity contribution < 1.29 is 9.90 Å². The largest absolute Gasteiger partial charge is 0.480 e. The monoisotopic (exact) mass is 290 g/mol. The molecule has 1 aliphatic rings. The van der Waals surface area contributed by atoms with Crippen molar-refractivity contribution in [3.63, 3.8) is 0 Å². The van der Waals surface area contributed by atoms with Gasteiger partial charge in [0.05, 0.1) is 0 Å². The molecule has 0 spiro atoms. The average Bonchev–Trinajstić information content (AvgIpc) is 2.45. The SMILES string of the molecule is CCCNC(C)(CN1CCCc2cc(C)ccc21)C(=O)O. The lowest BCUT2D eigenvalue weighted by atomic mass is 9.95. The number of aliphatic carboxylic acids is 1. The van der Waals surface area contributed by atoms with E-state index in [4.69, 9.17) is 0 Å². The van der Waals surface area contributed by atoms with E-state index >= 15 is 0 Å². The molecule has 4 nitrogen and oxygen atoms in total. The number of nitrogens with zero attached hydrogens (tertiary/aromatic N) is 1. The van der Waals surface area contributed by atoms with E-state index < -0.39 is 11.5 Å². The minimum Gasteiger partial charge on any atom is -0.480 e. The fraction of sp³-hybridized carbons (Fsp3) is 0.588. The van der Waals surface area contributed by atoms with E-state index in [1.54, 1.807) is 6.92 Å². The number of carboxylic acids is 1. The number of hydrogen-bond acceptors (Lipinski definition) is 3. The summed E-state index contributed by atoms with van der Waals surface area (Å²) in [5.74, 6) is -0.782. The first kappa shape index (κ1) is 15.8. The molecule has 116 valence electrons. The van der Waals surface area contributed by atoms with Crippen LogP contribution in [-0.4, -0.2) is 36.2 Å². The number of fused-ring (bicyclic) bond motifs is 1. The Labute approximate surface area is 127 Å². The summed E-state index contributed by atoms with van der Waals surface area (Å²) in [6, 6.07) is 6.46. The highest BCUT2D eigenvalue weighted by Gasteiger charge is 2.35. The van der Waals surface area contributed by atoms with Crippen LogP contribution in [0.3, 0.4) is 0 Å². The Hall–Kier alpha value is -1.55. The summed E-state index contributed by atoms with van der Waals surface area (Å²) in [6.07, 6.45) is 3.10. The summed E-state index contributed by atoms with van der Waals surface area (Å²) in [5, 5.41) is 12.8. The molecule has 1 heterocycles. The Morgan fingerprint density at radius 3 is 2.90 bits per heavy atom. The second kappa shape index (κ2) is 6.48. The number of carboxylic acid groups (broad SMARTS) is 1. The predicted molar refractivity (Wildman–Crippen MR) is 86.0 cm³/mol. The number of hydrogen-bond donors (Lipinski definition) is 2. The molecule has 0 radical (unpaired) electrons. The van der Waals surface area contributed by atoms with Crippen LogP contribution in [0.5, 0.6) is 0 Å². The number of rotatable bonds is 6.